The summed E-state index contributed by atoms with van der Waals surface area (Å²) in [6.45, 7) is -0.292. The number of carboxylic acid groups (broad SMARTS) is 1. The van der Waals surface area contributed by atoms with Crippen LogP contribution in [0.5, 0.6) is 5.75 Å². The first-order valence-electron chi connectivity index (χ1n) is 7.59. The number of methoxy groups -OCH3 is 1. The Morgan fingerprint density at radius 3 is 2.72 bits per heavy atom. The van der Waals surface area contributed by atoms with E-state index in [9.17, 15) is 4.79 Å². The molecule has 0 amide bonds. The molecule has 3 aromatic rings. The van der Waals surface area contributed by atoms with Crippen molar-refractivity contribution in [1.29, 1.82) is 0 Å². The maximum atomic E-state index is 10.6. The second-order valence-corrected chi connectivity index (χ2v) is 5.20. The zero-order valence-corrected chi connectivity index (χ0v) is 13.6. The van der Waals surface area contributed by atoms with E-state index >= 15 is 0 Å². The van der Waals surface area contributed by atoms with Gasteiger partial charge in [-0.15, -0.1) is 0 Å². The predicted molar refractivity (Wildman–Crippen MR) is 91.5 cm³/mol. The minimum Gasteiger partial charge on any atom is -0.497 e. The lowest BCUT2D eigenvalue weighted by Crippen LogP contribution is -2.07. The number of ether oxygens (including phenoxy) is 2. The van der Waals surface area contributed by atoms with Crippen LogP contribution in [0.2, 0.25) is 0 Å². The molecule has 3 rings (SSSR count). The van der Waals surface area contributed by atoms with Gasteiger partial charge in [-0.25, -0.2) is 9.78 Å². The van der Waals surface area contributed by atoms with E-state index in [0.29, 0.717) is 11.4 Å². The van der Waals surface area contributed by atoms with Crippen molar-refractivity contribution in [3.63, 3.8) is 0 Å². The number of hydrogen-bond donors (Lipinski definition) is 1. The number of fused-ring (bicyclic) bond motifs is 1. The van der Waals surface area contributed by atoms with Crippen LogP contribution in [-0.2, 0) is 16.1 Å². The SMILES string of the molecule is COc1ccc(C#Cc2c(COCC(=O)O)nc3ccccn23)cc1. The molecule has 2 aromatic heterocycles. The number of hydrogen-bond acceptors (Lipinski definition) is 4. The van der Waals surface area contributed by atoms with Crippen molar-refractivity contribution in [3.05, 3.63) is 65.6 Å². The lowest BCUT2D eigenvalue weighted by Gasteiger charge is -2.00. The number of nitrogens with zero attached hydrogens (tertiary/aromatic N) is 2. The van der Waals surface area contributed by atoms with Gasteiger partial charge in [-0.2, -0.15) is 0 Å². The zero-order chi connectivity index (χ0) is 17.6. The molecule has 0 fully saturated rings. The molecule has 0 aliphatic rings. The fourth-order valence-corrected chi connectivity index (χ4v) is 2.32. The number of aromatic nitrogens is 2. The molecule has 0 atom stereocenters. The van der Waals surface area contributed by atoms with Crippen LogP contribution in [0.15, 0.2) is 48.7 Å². The Bertz CT molecular complexity index is 949. The van der Waals surface area contributed by atoms with Gasteiger partial charge >= 0.3 is 5.97 Å². The summed E-state index contributed by atoms with van der Waals surface area (Å²) in [6, 6.07) is 13.1. The Labute approximate surface area is 144 Å². The quantitative estimate of drug-likeness (QED) is 0.724. The third kappa shape index (κ3) is 3.97. The zero-order valence-electron chi connectivity index (χ0n) is 13.6. The minimum absolute atomic E-state index is 0.0839. The number of aliphatic carboxylic acids is 1. The Morgan fingerprint density at radius 1 is 1.20 bits per heavy atom. The average molecular weight is 336 g/mol. The molecule has 2 heterocycles. The molecule has 126 valence electrons. The second kappa shape index (κ2) is 7.51. The molecular weight excluding hydrogens is 320 g/mol. The maximum absolute atomic E-state index is 10.6. The van der Waals surface area contributed by atoms with Crippen molar-refractivity contribution < 1.29 is 19.4 Å². The molecule has 1 N–H and O–H groups in total. The van der Waals surface area contributed by atoms with E-state index < -0.39 is 5.97 Å². The van der Waals surface area contributed by atoms with Gasteiger partial charge in [-0.05, 0) is 42.3 Å². The van der Waals surface area contributed by atoms with Gasteiger partial charge in [0.05, 0.1) is 13.7 Å². The number of imidazole rings is 1. The largest absolute Gasteiger partial charge is 0.497 e. The predicted octanol–water partition coefficient (Wildman–Crippen LogP) is 2.34. The van der Waals surface area contributed by atoms with Gasteiger partial charge in [-0.1, -0.05) is 12.0 Å². The number of carbonyl (C=O) groups is 1. The monoisotopic (exact) mass is 336 g/mol. The molecule has 1 aromatic carbocycles. The summed E-state index contributed by atoms with van der Waals surface area (Å²) >= 11 is 0. The van der Waals surface area contributed by atoms with Crippen LogP contribution < -0.4 is 4.74 Å². The molecule has 6 nitrogen and oxygen atoms in total. The number of benzene rings is 1. The molecule has 25 heavy (non-hydrogen) atoms. The summed E-state index contributed by atoms with van der Waals surface area (Å²) < 4.78 is 12.2. The summed E-state index contributed by atoms with van der Waals surface area (Å²) in [5, 5.41) is 8.71. The lowest BCUT2D eigenvalue weighted by molar-refractivity contribution is -0.142. The average Bonchev–Trinajstić information content (AvgIpc) is 2.97. The molecule has 0 spiro atoms. The molecule has 0 unspecified atom stereocenters. The summed E-state index contributed by atoms with van der Waals surface area (Å²) in [7, 11) is 1.61. The molecule has 0 bridgehead atoms. The Kier molecular flexibility index (Phi) is 4.97. The van der Waals surface area contributed by atoms with E-state index in [0.717, 1.165) is 17.0 Å². The standard InChI is InChI=1S/C19H16N2O4/c1-24-15-8-5-14(6-9-15)7-10-17-16(12-25-13-19(22)23)20-18-4-2-3-11-21(17)18/h2-6,8-9,11H,12-13H2,1H3,(H,22,23). The summed E-state index contributed by atoms with van der Waals surface area (Å²) in [5.74, 6) is 5.95. The summed E-state index contributed by atoms with van der Waals surface area (Å²) in [5.41, 5.74) is 2.85. The smallest absolute Gasteiger partial charge is 0.329 e. The van der Waals surface area contributed by atoms with Gasteiger partial charge < -0.3 is 14.6 Å². The summed E-state index contributed by atoms with van der Waals surface area (Å²) in [4.78, 5) is 15.1. The van der Waals surface area contributed by atoms with Crippen molar-refractivity contribution in [2.24, 2.45) is 0 Å². The van der Waals surface area contributed by atoms with Crippen LogP contribution in [0.4, 0.5) is 0 Å². The van der Waals surface area contributed by atoms with E-state index in [4.69, 9.17) is 14.6 Å². The first kappa shape index (κ1) is 16.6. The van der Waals surface area contributed by atoms with E-state index in [2.05, 4.69) is 16.8 Å². The van der Waals surface area contributed by atoms with Crippen LogP contribution in [0.1, 0.15) is 17.0 Å². The topological polar surface area (TPSA) is 73.1 Å². The van der Waals surface area contributed by atoms with Crippen LogP contribution in [-0.4, -0.2) is 34.2 Å². The maximum Gasteiger partial charge on any atom is 0.329 e. The second-order valence-electron chi connectivity index (χ2n) is 5.20. The molecule has 6 heteroatoms. The Balaban J connectivity index is 1.93. The third-order valence-electron chi connectivity index (χ3n) is 3.48. The van der Waals surface area contributed by atoms with Gasteiger partial charge in [0.15, 0.2) is 0 Å². The third-order valence-corrected chi connectivity index (χ3v) is 3.48. The molecular formula is C19H16N2O4. The molecule has 0 saturated carbocycles. The van der Waals surface area contributed by atoms with Crippen LogP contribution in [0.3, 0.4) is 0 Å². The molecule has 0 radical (unpaired) electrons. The number of rotatable bonds is 5. The molecule has 0 aliphatic carbocycles. The van der Waals surface area contributed by atoms with E-state index in [-0.39, 0.29) is 13.2 Å². The fraction of sp³-hybridized carbons (Fsp3) is 0.158. The highest BCUT2D eigenvalue weighted by molar-refractivity contribution is 5.68. The van der Waals surface area contributed by atoms with Gasteiger partial charge in [0, 0.05) is 11.8 Å². The highest BCUT2D eigenvalue weighted by Gasteiger charge is 2.10. The van der Waals surface area contributed by atoms with Crippen LogP contribution >= 0.6 is 0 Å². The van der Waals surface area contributed by atoms with Gasteiger partial charge in [-0.3, -0.25) is 4.40 Å². The molecule has 0 aliphatic heterocycles. The highest BCUT2D eigenvalue weighted by Crippen LogP contribution is 2.14. The van der Waals surface area contributed by atoms with E-state index in [1.54, 1.807) is 7.11 Å². The van der Waals surface area contributed by atoms with Crippen molar-refractivity contribution in [1.82, 2.24) is 9.38 Å². The van der Waals surface area contributed by atoms with Crippen molar-refractivity contribution in [3.8, 4) is 17.6 Å². The van der Waals surface area contributed by atoms with Crippen LogP contribution in [0, 0.1) is 11.8 Å². The summed E-state index contributed by atoms with van der Waals surface area (Å²) in [6.07, 6.45) is 1.86. The normalized spacial score (nSPS) is 10.3. The van der Waals surface area contributed by atoms with Crippen molar-refractivity contribution >= 4 is 11.6 Å². The Morgan fingerprint density at radius 2 is 2.00 bits per heavy atom. The lowest BCUT2D eigenvalue weighted by atomic mass is 10.2. The minimum atomic E-state index is -1.02. The molecule has 0 saturated heterocycles. The van der Waals surface area contributed by atoms with Crippen molar-refractivity contribution in [2.45, 2.75) is 6.61 Å². The van der Waals surface area contributed by atoms with Crippen LogP contribution in [0.25, 0.3) is 5.65 Å². The number of pyridine rings is 1. The number of carboxylic acids is 1. The van der Waals surface area contributed by atoms with Gasteiger partial charge in [0.1, 0.15) is 29.4 Å². The van der Waals surface area contributed by atoms with Crippen molar-refractivity contribution in [2.75, 3.05) is 13.7 Å². The first-order valence-corrected chi connectivity index (χ1v) is 7.59. The van der Waals surface area contributed by atoms with E-state index in [1.807, 2.05) is 53.1 Å². The van der Waals surface area contributed by atoms with Gasteiger partial charge in [0.25, 0.3) is 0 Å². The fourth-order valence-electron chi connectivity index (χ4n) is 2.32. The van der Waals surface area contributed by atoms with E-state index in [1.165, 1.54) is 0 Å². The highest BCUT2D eigenvalue weighted by atomic mass is 16.5. The first-order chi connectivity index (χ1) is 12.2. The Hall–Kier alpha value is -3.30. The van der Waals surface area contributed by atoms with Gasteiger partial charge in [0.2, 0.25) is 0 Å².